The minimum atomic E-state index is 0.524. The van der Waals surface area contributed by atoms with Gasteiger partial charge >= 0.3 is 0 Å². The average Bonchev–Trinajstić information content (AvgIpc) is 2.49. The van der Waals surface area contributed by atoms with Crippen molar-refractivity contribution in [1.82, 2.24) is 5.32 Å². The molecule has 14 heavy (non-hydrogen) atoms. The standard InChI is InChI=1S/C12H19NO/c1-9(2)13-8-10(3)7-12-11(4)5-6-14-12/h5-7,9,13H,8H2,1-4H3/b10-7+. The highest BCUT2D eigenvalue weighted by molar-refractivity contribution is 5.50. The fraction of sp³-hybridized carbons (Fsp3) is 0.500. The maximum atomic E-state index is 5.34. The largest absolute Gasteiger partial charge is 0.465 e. The Morgan fingerprint density at radius 3 is 2.79 bits per heavy atom. The maximum Gasteiger partial charge on any atom is 0.129 e. The van der Waals surface area contributed by atoms with Crippen LogP contribution in [0.15, 0.2) is 22.3 Å². The van der Waals surface area contributed by atoms with Crippen molar-refractivity contribution in [3.05, 3.63) is 29.2 Å². The first-order valence-electron chi connectivity index (χ1n) is 5.04. The van der Waals surface area contributed by atoms with Crippen LogP contribution in [0.1, 0.15) is 32.1 Å². The van der Waals surface area contributed by atoms with Gasteiger partial charge in [-0.2, -0.15) is 0 Å². The van der Waals surface area contributed by atoms with Crippen LogP contribution in [0.2, 0.25) is 0 Å². The number of hydrogen-bond acceptors (Lipinski definition) is 2. The van der Waals surface area contributed by atoms with E-state index < -0.39 is 0 Å². The summed E-state index contributed by atoms with van der Waals surface area (Å²) in [6.07, 6.45) is 3.81. The van der Waals surface area contributed by atoms with Gasteiger partial charge in [-0.3, -0.25) is 0 Å². The normalized spacial score (nSPS) is 12.5. The third-order valence-electron chi connectivity index (χ3n) is 2.07. The van der Waals surface area contributed by atoms with Gasteiger partial charge in [0, 0.05) is 12.6 Å². The van der Waals surface area contributed by atoms with Gasteiger partial charge in [0.1, 0.15) is 5.76 Å². The first-order chi connectivity index (χ1) is 6.59. The highest BCUT2D eigenvalue weighted by Gasteiger charge is 1.99. The van der Waals surface area contributed by atoms with Crippen LogP contribution >= 0.6 is 0 Å². The van der Waals surface area contributed by atoms with Crippen LogP contribution in [0.25, 0.3) is 6.08 Å². The molecule has 0 spiro atoms. The second-order valence-electron chi connectivity index (χ2n) is 3.99. The highest BCUT2D eigenvalue weighted by atomic mass is 16.3. The van der Waals surface area contributed by atoms with Crippen molar-refractivity contribution in [2.75, 3.05) is 6.54 Å². The molecule has 0 fully saturated rings. The number of furan rings is 1. The maximum absolute atomic E-state index is 5.34. The molecular weight excluding hydrogens is 174 g/mol. The molecule has 0 bridgehead atoms. The van der Waals surface area contributed by atoms with E-state index in [1.165, 1.54) is 11.1 Å². The zero-order chi connectivity index (χ0) is 10.6. The molecule has 1 heterocycles. The molecule has 2 nitrogen and oxygen atoms in total. The Balaban J connectivity index is 2.56. The molecule has 1 N–H and O–H groups in total. The van der Waals surface area contributed by atoms with Crippen LogP contribution in [-0.2, 0) is 0 Å². The Kier molecular flexibility index (Phi) is 3.96. The Morgan fingerprint density at radius 2 is 2.29 bits per heavy atom. The molecule has 2 heteroatoms. The third-order valence-corrected chi connectivity index (χ3v) is 2.07. The van der Waals surface area contributed by atoms with Crippen molar-refractivity contribution in [2.45, 2.75) is 33.7 Å². The summed E-state index contributed by atoms with van der Waals surface area (Å²) < 4.78 is 5.34. The zero-order valence-electron chi connectivity index (χ0n) is 9.42. The molecule has 1 rings (SSSR count). The van der Waals surface area contributed by atoms with Gasteiger partial charge in [-0.25, -0.2) is 0 Å². The molecule has 1 aromatic rings. The van der Waals surface area contributed by atoms with E-state index >= 15 is 0 Å². The molecule has 0 atom stereocenters. The zero-order valence-corrected chi connectivity index (χ0v) is 9.42. The first kappa shape index (κ1) is 11.1. The van der Waals surface area contributed by atoms with E-state index in [0.717, 1.165) is 12.3 Å². The minimum absolute atomic E-state index is 0.524. The predicted molar refractivity (Wildman–Crippen MR) is 60.2 cm³/mol. The van der Waals surface area contributed by atoms with Crippen molar-refractivity contribution in [2.24, 2.45) is 0 Å². The smallest absolute Gasteiger partial charge is 0.129 e. The molecular formula is C12H19NO. The van der Waals surface area contributed by atoms with Crippen LogP contribution in [0, 0.1) is 6.92 Å². The molecule has 0 radical (unpaired) electrons. The van der Waals surface area contributed by atoms with E-state index in [4.69, 9.17) is 4.42 Å². The molecule has 0 saturated heterocycles. The Morgan fingerprint density at radius 1 is 1.57 bits per heavy atom. The third kappa shape index (κ3) is 3.38. The van der Waals surface area contributed by atoms with Gasteiger partial charge in [-0.15, -0.1) is 0 Å². The van der Waals surface area contributed by atoms with Crippen LogP contribution in [0.4, 0.5) is 0 Å². The summed E-state index contributed by atoms with van der Waals surface area (Å²) >= 11 is 0. The quantitative estimate of drug-likeness (QED) is 0.795. The summed E-state index contributed by atoms with van der Waals surface area (Å²) in [5, 5.41) is 3.37. The molecule has 0 unspecified atom stereocenters. The molecule has 0 aromatic carbocycles. The second kappa shape index (κ2) is 5.01. The van der Waals surface area contributed by atoms with Crippen molar-refractivity contribution in [1.29, 1.82) is 0 Å². The van der Waals surface area contributed by atoms with Crippen molar-refractivity contribution >= 4 is 6.08 Å². The topological polar surface area (TPSA) is 25.2 Å². The summed E-state index contributed by atoms with van der Waals surface area (Å²) in [6.45, 7) is 9.37. The number of nitrogens with one attached hydrogen (secondary N) is 1. The molecule has 0 aliphatic rings. The van der Waals surface area contributed by atoms with Gasteiger partial charge in [0.15, 0.2) is 0 Å². The Hall–Kier alpha value is -1.02. The van der Waals surface area contributed by atoms with Crippen LogP contribution in [0.3, 0.4) is 0 Å². The van der Waals surface area contributed by atoms with Gasteiger partial charge in [-0.1, -0.05) is 19.4 Å². The summed E-state index contributed by atoms with van der Waals surface area (Å²) in [5.41, 5.74) is 2.48. The molecule has 0 saturated carbocycles. The monoisotopic (exact) mass is 193 g/mol. The van der Waals surface area contributed by atoms with E-state index in [2.05, 4.69) is 39.1 Å². The minimum Gasteiger partial charge on any atom is -0.465 e. The van der Waals surface area contributed by atoms with Crippen molar-refractivity contribution in [3.8, 4) is 0 Å². The molecule has 1 aromatic heterocycles. The van der Waals surface area contributed by atoms with Gasteiger partial charge in [0.2, 0.25) is 0 Å². The fourth-order valence-electron chi connectivity index (χ4n) is 1.17. The summed E-state index contributed by atoms with van der Waals surface area (Å²) in [4.78, 5) is 0. The molecule has 78 valence electrons. The number of hydrogen-bond donors (Lipinski definition) is 1. The first-order valence-corrected chi connectivity index (χ1v) is 5.04. The van der Waals surface area contributed by atoms with Crippen LogP contribution in [0.5, 0.6) is 0 Å². The van der Waals surface area contributed by atoms with Crippen LogP contribution < -0.4 is 5.32 Å². The van der Waals surface area contributed by atoms with Crippen LogP contribution in [-0.4, -0.2) is 12.6 Å². The van der Waals surface area contributed by atoms with Crippen molar-refractivity contribution < 1.29 is 4.42 Å². The summed E-state index contributed by atoms with van der Waals surface area (Å²) in [6, 6.07) is 2.51. The van der Waals surface area contributed by atoms with Gasteiger partial charge in [0.05, 0.1) is 6.26 Å². The van der Waals surface area contributed by atoms with E-state index in [1.54, 1.807) is 6.26 Å². The molecule has 0 amide bonds. The lowest BCUT2D eigenvalue weighted by molar-refractivity contribution is 0.553. The van der Waals surface area contributed by atoms with Crippen molar-refractivity contribution in [3.63, 3.8) is 0 Å². The lowest BCUT2D eigenvalue weighted by atomic mass is 10.2. The lowest BCUT2D eigenvalue weighted by Gasteiger charge is -2.07. The average molecular weight is 193 g/mol. The predicted octanol–water partition coefficient (Wildman–Crippen LogP) is 2.99. The Labute approximate surface area is 86.0 Å². The summed E-state index contributed by atoms with van der Waals surface area (Å²) in [7, 11) is 0. The van der Waals surface area contributed by atoms with Gasteiger partial charge < -0.3 is 9.73 Å². The number of aryl methyl sites for hydroxylation is 1. The number of rotatable bonds is 4. The fourth-order valence-corrected chi connectivity index (χ4v) is 1.17. The summed E-state index contributed by atoms with van der Waals surface area (Å²) in [5.74, 6) is 0.966. The Bertz CT molecular complexity index is 310. The highest BCUT2D eigenvalue weighted by Crippen LogP contribution is 2.12. The second-order valence-corrected chi connectivity index (χ2v) is 3.99. The van der Waals surface area contributed by atoms with E-state index in [0.29, 0.717) is 6.04 Å². The van der Waals surface area contributed by atoms with E-state index in [1.807, 2.05) is 6.07 Å². The van der Waals surface area contributed by atoms with E-state index in [-0.39, 0.29) is 0 Å². The lowest BCUT2D eigenvalue weighted by Crippen LogP contribution is -2.24. The van der Waals surface area contributed by atoms with E-state index in [9.17, 15) is 0 Å². The van der Waals surface area contributed by atoms with Gasteiger partial charge in [0.25, 0.3) is 0 Å². The molecule has 0 aliphatic heterocycles. The van der Waals surface area contributed by atoms with Gasteiger partial charge in [-0.05, 0) is 31.6 Å². The molecule has 0 aliphatic carbocycles. The SMILES string of the molecule is C/C(=C\c1occc1C)CNC(C)C.